The molecule has 0 saturated heterocycles. The van der Waals surface area contributed by atoms with E-state index in [2.05, 4.69) is 30.5 Å². The number of nitrogens with one attached hydrogen (secondary N) is 3. The molecule has 0 saturated carbocycles. The number of aromatic nitrogens is 3. The molecule has 3 N–H and O–H groups in total. The number of methoxy groups -OCH3 is 1. The molecule has 0 spiro atoms. The van der Waals surface area contributed by atoms with Gasteiger partial charge in [0.1, 0.15) is 6.61 Å². The van der Waals surface area contributed by atoms with Crippen molar-refractivity contribution in [2.75, 3.05) is 24.4 Å². The molecular formula is C19H14ClN5O6. The van der Waals surface area contributed by atoms with Crippen LogP contribution in [0.4, 0.5) is 11.4 Å². The molecule has 0 radical (unpaired) electrons. The van der Waals surface area contributed by atoms with Gasteiger partial charge in [-0.3, -0.25) is 19.1 Å². The van der Waals surface area contributed by atoms with Crippen molar-refractivity contribution in [3.05, 3.63) is 57.7 Å². The van der Waals surface area contributed by atoms with Crippen molar-refractivity contribution >= 4 is 45.8 Å². The van der Waals surface area contributed by atoms with E-state index in [9.17, 15) is 14.4 Å². The highest BCUT2D eigenvalue weighted by Gasteiger charge is 2.20. The Morgan fingerprint density at radius 2 is 1.97 bits per heavy atom. The lowest BCUT2D eigenvalue weighted by atomic mass is 10.1. The van der Waals surface area contributed by atoms with Crippen molar-refractivity contribution in [3.63, 3.8) is 0 Å². The van der Waals surface area contributed by atoms with E-state index >= 15 is 0 Å². The highest BCUT2D eigenvalue weighted by Crippen LogP contribution is 2.29. The molecule has 11 nitrogen and oxygen atoms in total. The summed E-state index contributed by atoms with van der Waals surface area (Å²) < 4.78 is 14.5. The van der Waals surface area contributed by atoms with Gasteiger partial charge in [0, 0.05) is 23.4 Å². The van der Waals surface area contributed by atoms with Gasteiger partial charge in [0.15, 0.2) is 17.1 Å². The van der Waals surface area contributed by atoms with E-state index in [1.165, 1.54) is 13.2 Å². The molecule has 2 heterocycles. The number of fused-ring (bicyclic) bond motifs is 1. The molecule has 158 valence electrons. The van der Waals surface area contributed by atoms with E-state index < -0.39 is 11.7 Å². The van der Waals surface area contributed by atoms with Gasteiger partial charge in [0.25, 0.3) is 5.91 Å². The number of amides is 2. The molecule has 0 fully saturated rings. The maximum absolute atomic E-state index is 12.9. The van der Waals surface area contributed by atoms with Crippen LogP contribution in [0.25, 0.3) is 22.4 Å². The number of anilines is 2. The predicted molar refractivity (Wildman–Crippen MR) is 110 cm³/mol. The lowest BCUT2D eigenvalue weighted by molar-refractivity contribution is -0.119. The molecule has 2 amide bonds. The number of carbonyl (C=O) groups excluding carboxylic acids is 2. The number of aromatic amines is 1. The van der Waals surface area contributed by atoms with Crippen molar-refractivity contribution in [2.24, 2.45) is 0 Å². The smallest absolute Gasteiger partial charge is 0.375 e. The maximum atomic E-state index is 12.9. The summed E-state index contributed by atoms with van der Waals surface area (Å²) in [4.78, 5) is 38.4. The molecule has 12 heteroatoms. The molecular weight excluding hydrogens is 430 g/mol. The zero-order valence-electron chi connectivity index (χ0n) is 15.9. The minimum Gasteiger partial charge on any atom is -0.375 e. The first-order valence-corrected chi connectivity index (χ1v) is 9.18. The highest BCUT2D eigenvalue weighted by molar-refractivity contribution is 6.31. The number of hydrogen-bond acceptors (Lipinski definition) is 8. The normalized spacial score (nSPS) is 10.9. The summed E-state index contributed by atoms with van der Waals surface area (Å²) in [5.74, 6) is -1.60. The summed E-state index contributed by atoms with van der Waals surface area (Å²) in [6, 6.07) is 9.36. The van der Waals surface area contributed by atoms with Crippen molar-refractivity contribution in [1.82, 2.24) is 15.3 Å². The fourth-order valence-corrected chi connectivity index (χ4v) is 3.03. The Bertz CT molecular complexity index is 1340. The van der Waals surface area contributed by atoms with E-state index in [-0.39, 0.29) is 24.0 Å². The summed E-state index contributed by atoms with van der Waals surface area (Å²) in [5, 5.41) is 13.5. The summed E-state index contributed by atoms with van der Waals surface area (Å²) in [6.45, 7) is -0.113. The topological polar surface area (TPSA) is 152 Å². The van der Waals surface area contributed by atoms with Gasteiger partial charge in [-0.2, -0.15) is 0 Å². The third-order valence-corrected chi connectivity index (χ3v) is 4.40. The van der Waals surface area contributed by atoms with Gasteiger partial charge in [-0.15, -0.1) is 0 Å². The average Bonchev–Trinajstić information content (AvgIpc) is 3.35. The predicted octanol–water partition coefficient (Wildman–Crippen LogP) is 2.66. The van der Waals surface area contributed by atoms with Crippen LogP contribution in [-0.2, 0) is 9.53 Å². The third-order valence-electron chi connectivity index (χ3n) is 4.17. The second-order valence-electron chi connectivity index (χ2n) is 6.31. The van der Waals surface area contributed by atoms with Crippen LogP contribution in [0.1, 0.15) is 10.5 Å². The van der Waals surface area contributed by atoms with Crippen LogP contribution in [0.3, 0.4) is 0 Å². The van der Waals surface area contributed by atoms with Gasteiger partial charge in [-0.25, -0.2) is 4.79 Å². The molecule has 0 unspecified atom stereocenters. The lowest BCUT2D eigenvalue weighted by Crippen LogP contribution is -2.17. The standard InChI is InChI=1S/C19H14ClN5O6/c1-29-8-15(26)21-10-3-5-14-12(7-10)16(24-30-14)18(27)22-13-4-2-9(20)6-11(13)17-23-19(28)31-25-17/h2-7H,8H2,1H3,(H,21,26)(H,22,27)(H,23,25,28). The van der Waals surface area contributed by atoms with Crippen molar-refractivity contribution in [2.45, 2.75) is 0 Å². The van der Waals surface area contributed by atoms with E-state index in [4.69, 9.17) is 20.9 Å². The molecule has 31 heavy (non-hydrogen) atoms. The van der Waals surface area contributed by atoms with Crippen molar-refractivity contribution < 1.29 is 23.4 Å². The van der Waals surface area contributed by atoms with Crippen molar-refractivity contribution in [1.29, 1.82) is 0 Å². The zero-order valence-corrected chi connectivity index (χ0v) is 16.6. The van der Waals surface area contributed by atoms with Crippen LogP contribution in [0.5, 0.6) is 0 Å². The zero-order chi connectivity index (χ0) is 22.0. The largest absolute Gasteiger partial charge is 0.439 e. The van der Waals surface area contributed by atoms with Gasteiger partial charge < -0.3 is 19.9 Å². The van der Waals surface area contributed by atoms with E-state index in [0.29, 0.717) is 32.9 Å². The first-order valence-electron chi connectivity index (χ1n) is 8.80. The molecule has 0 aliphatic carbocycles. The van der Waals surface area contributed by atoms with Crippen LogP contribution in [0.2, 0.25) is 5.02 Å². The van der Waals surface area contributed by atoms with Gasteiger partial charge in [0.05, 0.1) is 11.1 Å². The van der Waals surface area contributed by atoms with Gasteiger partial charge >= 0.3 is 5.76 Å². The van der Waals surface area contributed by atoms with E-state index in [1.807, 2.05) is 0 Å². The number of hydrogen-bond donors (Lipinski definition) is 3. The Morgan fingerprint density at radius 1 is 1.13 bits per heavy atom. The first-order chi connectivity index (χ1) is 14.9. The Hall–Kier alpha value is -3.96. The fourth-order valence-electron chi connectivity index (χ4n) is 2.86. The van der Waals surface area contributed by atoms with Crippen molar-refractivity contribution in [3.8, 4) is 11.4 Å². The monoisotopic (exact) mass is 443 g/mol. The SMILES string of the molecule is COCC(=O)Nc1ccc2onc(C(=O)Nc3ccc(Cl)cc3-c3noc(=O)[nH]3)c2c1. The molecule has 4 rings (SSSR count). The van der Waals surface area contributed by atoms with Crippen LogP contribution in [0.15, 0.2) is 50.2 Å². The van der Waals surface area contributed by atoms with Crippen LogP contribution in [-0.4, -0.2) is 40.8 Å². The molecule has 4 aromatic rings. The van der Waals surface area contributed by atoms with Gasteiger partial charge in [0.2, 0.25) is 5.91 Å². The number of halogens is 1. The summed E-state index contributed by atoms with van der Waals surface area (Å²) >= 11 is 6.04. The second-order valence-corrected chi connectivity index (χ2v) is 6.75. The number of rotatable bonds is 6. The van der Waals surface area contributed by atoms with Gasteiger partial charge in [-0.05, 0) is 36.4 Å². The number of carbonyl (C=O) groups is 2. The van der Waals surface area contributed by atoms with E-state index in [1.54, 1.807) is 30.3 Å². The lowest BCUT2D eigenvalue weighted by Gasteiger charge is -2.09. The Morgan fingerprint density at radius 3 is 2.71 bits per heavy atom. The Labute approximate surface area is 178 Å². The molecule has 0 aliphatic rings. The highest BCUT2D eigenvalue weighted by atomic mass is 35.5. The minimum atomic E-state index is -0.752. The minimum absolute atomic E-state index is 0.00705. The summed E-state index contributed by atoms with van der Waals surface area (Å²) in [7, 11) is 1.41. The molecule has 2 aromatic carbocycles. The van der Waals surface area contributed by atoms with E-state index in [0.717, 1.165) is 0 Å². The summed E-state index contributed by atoms with van der Waals surface area (Å²) in [6.07, 6.45) is 0. The average molecular weight is 444 g/mol. The fraction of sp³-hybridized carbons (Fsp3) is 0.105. The number of nitrogens with zero attached hydrogens (tertiary/aromatic N) is 2. The molecule has 0 bridgehead atoms. The van der Waals surface area contributed by atoms with Crippen LogP contribution < -0.4 is 16.4 Å². The molecule has 0 atom stereocenters. The quantitative estimate of drug-likeness (QED) is 0.411. The maximum Gasteiger partial charge on any atom is 0.439 e. The van der Waals surface area contributed by atoms with Crippen LogP contribution >= 0.6 is 11.6 Å². The van der Waals surface area contributed by atoms with Gasteiger partial charge in [-0.1, -0.05) is 21.9 Å². The molecule has 0 aliphatic heterocycles. The number of ether oxygens (including phenoxy) is 1. The Kier molecular flexibility index (Phi) is 5.52. The van der Waals surface area contributed by atoms with Crippen LogP contribution in [0, 0.1) is 0 Å². The Balaban J connectivity index is 1.65. The number of H-pyrrole nitrogens is 1. The summed E-state index contributed by atoms with van der Waals surface area (Å²) in [5.41, 5.74) is 1.44. The third kappa shape index (κ3) is 4.32. The first kappa shape index (κ1) is 20.3. The molecule has 2 aromatic heterocycles. The second kappa shape index (κ2) is 8.42. The number of benzene rings is 2.